The highest BCUT2D eigenvalue weighted by molar-refractivity contribution is 7.88. The lowest BCUT2D eigenvalue weighted by Gasteiger charge is -2.31. The van der Waals surface area contributed by atoms with E-state index in [4.69, 9.17) is 5.41 Å². The molecule has 0 unspecified atom stereocenters. The van der Waals surface area contributed by atoms with Crippen LogP contribution in [-0.4, -0.2) is 56.4 Å². The second-order valence-electron chi connectivity index (χ2n) is 7.90. The summed E-state index contributed by atoms with van der Waals surface area (Å²) in [4.78, 5) is 4.30. The van der Waals surface area contributed by atoms with Crippen LogP contribution >= 0.6 is 0 Å². The van der Waals surface area contributed by atoms with Gasteiger partial charge in [-0.3, -0.25) is 4.98 Å². The van der Waals surface area contributed by atoms with Crippen LogP contribution in [0.1, 0.15) is 18.4 Å². The molecule has 3 aromatic rings. The maximum atomic E-state index is 11.8. The van der Waals surface area contributed by atoms with E-state index >= 15 is 0 Å². The molecule has 31 heavy (non-hydrogen) atoms. The Hall–Kier alpha value is -2.97. The zero-order chi connectivity index (χ0) is 22.0. The lowest BCUT2D eigenvalue weighted by molar-refractivity contribution is 0.332. The van der Waals surface area contributed by atoms with E-state index in [0.29, 0.717) is 13.1 Å². The molecular weight excluding hydrogens is 410 g/mol. The van der Waals surface area contributed by atoms with Crippen molar-refractivity contribution in [2.75, 3.05) is 37.0 Å². The Bertz CT molecular complexity index is 1220. The molecule has 1 aliphatic rings. The van der Waals surface area contributed by atoms with Gasteiger partial charge in [0.1, 0.15) is 0 Å². The Morgan fingerprint density at radius 2 is 1.87 bits per heavy atom. The monoisotopic (exact) mass is 437 g/mol. The topological polar surface area (TPSA) is 98.2 Å². The number of hydrogen-bond acceptors (Lipinski definition) is 6. The van der Waals surface area contributed by atoms with Crippen molar-refractivity contribution < 1.29 is 8.42 Å². The van der Waals surface area contributed by atoms with Gasteiger partial charge in [0, 0.05) is 67.1 Å². The number of piperidine rings is 1. The third kappa shape index (κ3) is 4.55. The van der Waals surface area contributed by atoms with Crippen molar-refractivity contribution in [2.24, 2.45) is 0 Å². The summed E-state index contributed by atoms with van der Waals surface area (Å²) in [6.45, 7) is 1.06. The minimum atomic E-state index is -3.14. The Morgan fingerprint density at radius 3 is 2.55 bits per heavy atom. The van der Waals surface area contributed by atoms with E-state index in [1.807, 2.05) is 31.4 Å². The second kappa shape index (κ2) is 8.64. The largest absolute Gasteiger partial charge is 0.388 e. The first-order valence-corrected chi connectivity index (χ1v) is 12.2. The van der Waals surface area contributed by atoms with Crippen molar-refractivity contribution in [1.29, 1.82) is 5.41 Å². The highest BCUT2D eigenvalue weighted by Crippen LogP contribution is 2.33. The molecule has 0 bridgehead atoms. The van der Waals surface area contributed by atoms with E-state index in [9.17, 15) is 8.42 Å². The van der Waals surface area contributed by atoms with Gasteiger partial charge in [0.2, 0.25) is 10.0 Å². The van der Waals surface area contributed by atoms with Gasteiger partial charge < -0.3 is 16.0 Å². The summed E-state index contributed by atoms with van der Waals surface area (Å²) in [6, 6.07) is 12.5. The summed E-state index contributed by atoms with van der Waals surface area (Å²) in [5, 5.41) is 16.6. The first-order chi connectivity index (χ1) is 14.9. The normalized spacial score (nSPS) is 15.7. The SMILES string of the molecule is CNc1ccc(-c2cc(NC3CCN(S(C)(=O)=O)CC3)c3cnccc3c2)cc1C=N. The Balaban J connectivity index is 1.67. The molecule has 0 saturated carbocycles. The van der Waals surface area contributed by atoms with Crippen molar-refractivity contribution in [2.45, 2.75) is 18.9 Å². The van der Waals surface area contributed by atoms with E-state index in [0.717, 1.165) is 51.7 Å². The van der Waals surface area contributed by atoms with Crippen LogP contribution in [0.5, 0.6) is 0 Å². The smallest absolute Gasteiger partial charge is 0.211 e. The molecule has 0 aliphatic carbocycles. The molecule has 7 nitrogen and oxygen atoms in total. The van der Waals surface area contributed by atoms with E-state index in [-0.39, 0.29) is 6.04 Å². The van der Waals surface area contributed by atoms with Gasteiger partial charge in [0.15, 0.2) is 0 Å². The van der Waals surface area contributed by atoms with Crippen LogP contribution in [0.3, 0.4) is 0 Å². The fourth-order valence-corrected chi connectivity index (χ4v) is 5.00. The molecule has 4 rings (SSSR count). The molecule has 0 radical (unpaired) electrons. The van der Waals surface area contributed by atoms with Crippen molar-refractivity contribution in [3.05, 3.63) is 54.4 Å². The number of hydrogen-bond donors (Lipinski definition) is 3. The van der Waals surface area contributed by atoms with Crippen LogP contribution in [0, 0.1) is 5.41 Å². The highest BCUT2D eigenvalue weighted by atomic mass is 32.2. The Labute approximate surface area is 183 Å². The van der Waals surface area contributed by atoms with Crippen molar-refractivity contribution in [3.63, 3.8) is 0 Å². The van der Waals surface area contributed by atoms with Gasteiger partial charge in [-0.25, -0.2) is 12.7 Å². The molecule has 0 atom stereocenters. The average molecular weight is 438 g/mol. The number of nitrogens with zero attached hydrogens (tertiary/aromatic N) is 2. The molecule has 1 saturated heterocycles. The van der Waals surface area contributed by atoms with Gasteiger partial charge in [-0.1, -0.05) is 6.07 Å². The Kier molecular flexibility index (Phi) is 5.93. The molecule has 1 fully saturated rings. The summed E-state index contributed by atoms with van der Waals surface area (Å²) in [5.74, 6) is 0. The fourth-order valence-electron chi connectivity index (χ4n) is 4.13. The van der Waals surface area contributed by atoms with E-state index in [1.165, 1.54) is 12.5 Å². The van der Waals surface area contributed by atoms with Crippen molar-refractivity contribution in [1.82, 2.24) is 9.29 Å². The molecule has 2 aromatic carbocycles. The van der Waals surface area contributed by atoms with Gasteiger partial charge in [0.25, 0.3) is 0 Å². The summed E-state index contributed by atoms with van der Waals surface area (Å²) >= 11 is 0. The van der Waals surface area contributed by atoms with E-state index in [1.54, 1.807) is 10.5 Å². The minimum Gasteiger partial charge on any atom is -0.388 e. The lowest BCUT2D eigenvalue weighted by Crippen LogP contribution is -2.41. The molecule has 0 amide bonds. The average Bonchev–Trinajstić information content (AvgIpc) is 2.78. The molecule has 1 aromatic heterocycles. The van der Waals surface area contributed by atoms with Crippen LogP contribution in [-0.2, 0) is 10.0 Å². The van der Waals surface area contributed by atoms with Crippen LogP contribution in [0.4, 0.5) is 11.4 Å². The number of sulfonamides is 1. The number of benzene rings is 2. The Morgan fingerprint density at radius 1 is 1.10 bits per heavy atom. The van der Waals surface area contributed by atoms with E-state index in [2.05, 4.69) is 33.8 Å². The molecule has 3 N–H and O–H groups in total. The van der Waals surface area contributed by atoms with Crippen LogP contribution in [0.25, 0.3) is 21.9 Å². The van der Waals surface area contributed by atoms with Crippen LogP contribution in [0.15, 0.2) is 48.8 Å². The predicted molar refractivity (Wildman–Crippen MR) is 128 cm³/mol. The quantitative estimate of drug-likeness (QED) is 0.510. The van der Waals surface area contributed by atoms with Gasteiger partial charge >= 0.3 is 0 Å². The number of pyridine rings is 1. The number of aromatic nitrogens is 1. The predicted octanol–water partition coefficient (Wildman–Crippen LogP) is 3.78. The minimum absolute atomic E-state index is 0.195. The second-order valence-corrected chi connectivity index (χ2v) is 9.88. The molecule has 162 valence electrons. The van der Waals surface area contributed by atoms with Crippen LogP contribution < -0.4 is 10.6 Å². The van der Waals surface area contributed by atoms with Gasteiger partial charge in [-0.15, -0.1) is 0 Å². The first kappa shape index (κ1) is 21.3. The van der Waals surface area contributed by atoms with E-state index < -0.39 is 10.0 Å². The zero-order valence-electron chi connectivity index (χ0n) is 17.7. The summed E-state index contributed by atoms with van der Waals surface area (Å²) in [7, 11) is -1.29. The zero-order valence-corrected chi connectivity index (χ0v) is 18.5. The maximum Gasteiger partial charge on any atom is 0.211 e. The molecule has 2 heterocycles. The lowest BCUT2D eigenvalue weighted by atomic mass is 9.97. The number of anilines is 2. The van der Waals surface area contributed by atoms with Gasteiger partial charge in [-0.2, -0.15) is 0 Å². The summed E-state index contributed by atoms with van der Waals surface area (Å²) in [5.41, 5.74) is 4.83. The summed E-state index contributed by atoms with van der Waals surface area (Å²) < 4.78 is 25.2. The standard InChI is InChI=1S/C23H27N5O2S/c1-25-22-4-3-16(11-19(22)14-24)18-12-17-5-8-26-15-21(17)23(13-18)27-20-6-9-28(10-7-20)31(2,29)30/h3-5,8,11-15,20,24-25,27H,6-7,9-10H2,1-2H3. The molecule has 1 aliphatic heterocycles. The van der Waals surface area contributed by atoms with Gasteiger partial charge in [0.05, 0.1) is 6.26 Å². The van der Waals surface area contributed by atoms with Crippen molar-refractivity contribution in [3.8, 4) is 11.1 Å². The number of nitrogens with one attached hydrogen (secondary N) is 3. The number of fused-ring (bicyclic) bond motifs is 1. The number of rotatable bonds is 6. The maximum absolute atomic E-state index is 11.8. The van der Waals surface area contributed by atoms with Crippen LogP contribution in [0.2, 0.25) is 0 Å². The summed E-state index contributed by atoms with van der Waals surface area (Å²) in [6.07, 6.45) is 7.79. The molecular formula is C23H27N5O2S. The first-order valence-electron chi connectivity index (χ1n) is 10.3. The molecule has 0 spiro atoms. The van der Waals surface area contributed by atoms with Gasteiger partial charge in [-0.05, 0) is 59.7 Å². The third-order valence-corrected chi connectivity index (χ3v) is 7.15. The third-order valence-electron chi connectivity index (χ3n) is 5.85. The molecule has 8 heteroatoms. The highest BCUT2D eigenvalue weighted by Gasteiger charge is 2.25. The van der Waals surface area contributed by atoms with Crippen molar-refractivity contribution >= 4 is 38.4 Å². The fraction of sp³-hybridized carbons (Fsp3) is 0.304.